The third kappa shape index (κ3) is 4.28. The molecule has 0 spiro atoms. The van der Waals surface area contributed by atoms with E-state index in [1.807, 2.05) is 25.1 Å². The number of carbonyl (C=O) groups excluding carboxylic acids is 1. The second-order valence-corrected chi connectivity index (χ2v) is 9.79. The lowest BCUT2D eigenvalue weighted by molar-refractivity contribution is -0.133. The average molecular weight is 454 g/mol. The Kier molecular flexibility index (Phi) is 6.33. The van der Waals surface area contributed by atoms with Crippen LogP contribution in [0.3, 0.4) is 0 Å². The van der Waals surface area contributed by atoms with Gasteiger partial charge in [0.05, 0.1) is 12.0 Å². The largest absolute Gasteiger partial charge is 0.381 e. The Morgan fingerprint density at radius 2 is 1.81 bits per heavy atom. The molecule has 6 heteroatoms. The number of nitrogens with zero attached hydrogens (tertiary/aromatic N) is 1. The van der Waals surface area contributed by atoms with Crippen molar-refractivity contribution in [1.29, 1.82) is 5.41 Å². The molecule has 0 saturated carbocycles. The fraction of sp³-hybridized carbons (Fsp3) is 0.462. The maximum absolute atomic E-state index is 13.2. The van der Waals surface area contributed by atoms with Crippen molar-refractivity contribution < 1.29 is 9.53 Å². The van der Waals surface area contributed by atoms with Crippen molar-refractivity contribution in [3.05, 3.63) is 68.7 Å². The molecule has 0 unspecified atom stereocenters. The molecule has 32 heavy (non-hydrogen) atoms. The molecule has 2 aromatic carbocycles. The van der Waals surface area contributed by atoms with Crippen LogP contribution in [-0.4, -0.2) is 36.0 Å². The van der Waals surface area contributed by atoms with Crippen LogP contribution >= 0.6 is 11.6 Å². The molecule has 4 rings (SSSR count). The van der Waals surface area contributed by atoms with Crippen molar-refractivity contribution in [3.8, 4) is 0 Å². The minimum absolute atomic E-state index is 0.0235. The van der Waals surface area contributed by atoms with Gasteiger partial charge in [-0.1, -0.05) is 41.9 Å². The summed E-state index contributed by atoms with van der Waals surface area (Å²) >= 11 is 6.93. The number of hydrogen-bond acceptors (Lipinski definition) is 3. The Bertz CT molecular complexity index is 1040. The van der Waals surface area contributed by atoms with Crippen molar-refractivity contribution in [3.63, 3.8) is 0 Å². The van der Waals surface area contributed by atoms with Crippen molar-refractivity contribution >= 4 is 23.5 Å². The van der Waals surface area contributed by atoms with Crippen LogP contribution in [0.25, 0.3) is 0 Å². The van der Waals surface area contributed by atoms with E-state index < -0.39 is 5.54 Å². The number of benzene rings is 2. The van der Waals surface area contributed by atoms with Crippen molar-refractivity contribution in [2.45, 2.75) is 65.0 Å². The normalized spacial score (nSPS) is 22.2. The van der Waals surface area contributed by atoms with Crippen LogP contribution in [0.2, 0.25) is 5.02 Å². The number of nitrogens with one attached hydrogen (secondary N) is 2. The smallest absolute Gasteiger partial charge is 0.232 e. The molecule has 2 N–H and O–H groups in total. The minimum atomic E-state index is -0.721. The zero-order chi connectivity index (χ0) is 23.0. The highest BCUT2D eigenvalue weighted by atomic mass is 35.5. The molecule has 1 atom stereocenters. The average Bonchev–Trinajstić information content (AvgIpc) is 2.73. The summed E-state index contributed by atoms with van der Waals surface area (Å²) in [5.41, 5.74) is 6.24. The van der Waals surface area contributed by atoms with Crippen molar-refractivity contribution in [2.75, 3.05) is 13.2 Å². The van der Waals surface area contributed by atoms with E-state index in [1.165, 1.54) is 22.3 Å². The van der Waals surface area contributed by atoms with E-state index in [-0.39, 0.29) is 24.3 Å². The highest BCUT2D eigenvalue weighted by molar-refractivity contribution is 6.32. The van der Waals surface area contributed by atoms with Crippen molar-refractivity contribution in [2.24, 2.45) is 0 Å². The van der Waals surface area contributed by atoms with Gasteiger partial charge in [0.15, 0.2) is 5.96 Å². The fourth-order valence-corrected chi connectivity index (χ4v) is 5.33. The second kappa shape index (κ2) is 8.87. The van der Waals surface area contributed by atoms with Gasteiger partial charge in [0.25, 0.3) is 0 Å². The number of rotatable bonds is 4. The number of amides is 1. The molecular formula is C26H32ClN3O2. The van der Waals surface area contributed by atoms with Crippen LogP contribution in [0.1, 0.15) is 59.6 Å². The molecule has 2 fully saturated rings. The third-order valence-corrected chi connectivity index (χ3v) is 7.42. The van der Waals surface area contributed by atoms with E-state index in [9.17, 15) is 4.79 Å². The van der Waals surface area contributed by atoms with E-state index in [2.05, 4.69) is 38.2 Å². The lowest BCUT2D eigenvalue weighted by Gasteiger charge is -2.45. The summed E-state index contributed by atoms with van der Waals surface area (Å²) in [4.78, 5) is 14.8. The van der Waals surface area contributed by atoms with E-state index >= 15 is 0 Å². The molecule has 1 amide bonds. The number of ether oxygens (including phenoxy) is 1. The molecule has 0 aliphatic carbocycles. The van der Waals surface area contributed by atoms with Gasteiger partial charge in [0, 0.05) is 24.3 Å². The predicted molar refractivity (Wildman–Crippen MR) is 128 cm³/mol. The maximum Gasteiger partial charge on any atom is 0.232 e. The summed E-state index contributed by atoms with van der Waals surface area (Å²) in [6.45, 7) is 9.62. The number of guanidine groups is 1. The zero-order valence-electron chi connectivity index (χ0n) is 19.3. The van der Waals surface area contributed by atoms with Gasteiger partial charge in [-0.25, -0.2) is 0 Å². The van der Waals surface area contributed by atoms with Crippen LogP contribution in [-0.2, 0) is 21.5 Å². The standard InChI is InChI=1S/C26H32ClN3O2/c1-16-12-18(3)20(13-17(16)2)14-19-6-5-7-22(24(19)27)26(4)15-23(31)30(25(28)29-26)21-8-10-32-11-9-21/h5-7,12-13,21H,8-11,14-15H2,1-4H3,(H2,28,29)/t26-/m0/s1. The third-order valence-electron chi connectivity index (χ3n) is 6.97. The summed E-state index contributed by atoms with van der Waals surface area (Å²) in [7, 11) is 0. The van der Waals surface area contributed by atoms with E-state index in [0.717, 1.165) is 30.4 Å². The minimum Gasteiger partial charge on any atom is -0.381 e. The lowest BCUT2D eigenvalue weighted by atomic mass is 9.84. The lowest BCUT2D eigenvalue weighted by Crippen LogP contribution is -2.62. The molecule has 5 nitrogen and oxygen atoms in total. The molecule has 0 aromatic heterocycles. The quantitative estimate of drug-likeness (QED) is 0.684. The summed E-state index contributed by atoms with van der Waals surface area (Å²) < 4.78 is 5.42. The van der Waals surface area contributed by atoms with Gasteiger partial charge in [-0.05, 0) is 80.3 Å². The zero-order valence-corrected chi connectivity index (χ0v) is 20.1. The van der Waals surface area contributed by atoms with Gasteiger partial charge < -0.3 is 10.1 Å². The van der Waals surface area contributed by atoms with Gasteiger partial charge in [-0.15, -0.1) is 0 Å². The number of aryl methyl sites for hydroxylation is 3. The van der Waals surface area contributed by atoms with E-state index in [4.69, 9.17) is 21.7 Å². The Balaban J connectivity index is 1.61. The molecule has 2 saturated heterocycles. The highest BCUT2D eigenvalue weighted by Crippen LogP contribution is 2.37. The van der Waals surface area contributed by atoms with E-state index in [1.54, 1.807) is 4.90 Å². The van der Waals surface area contributed by atoms with Gasteiger partial charge in [-0.2, -0.15) is 0 Å². The molecule has 0 radical (unpaired) electrons. The Morgan fingerprint density at radius 3 is 2.50 bits per heavy atom. The molecule has 2 aliphatic rings. The van der Waals surface area contributed by atoms with Crippen LogP contribution in [0.4, 0.5) is 0 Å². The Morgan fingerprint density at radius 1 is 1.12 bits per heavy atom. The Hall–Kier alpha value is -2.37. The fourth-order valence-electron chi connectivity index (χ4n) is 4.93. The molecular weight excluding hydrogens is 422 g/mol. The topological polar surface area (TPSA) is 65.4 Å². The summed E-state index contributed by atoms with van der Waals surface area (Å²) in [6.07, 6.45) is 2.52. The van der Waals surface area contributed by atoms with Crippen LogP contribution in [0.15, 0.2) is 30.3 Å². The van der Waals surface area contributed by atoms with Gasteiger partial charge in [-0.3, -0.25) is 15.1 Å². The summed E-state index contributed by atoms with van der Waals surface area (Å²) in [5, 5.41) is 12.6. The predicted octanol–water partition coefficient (Wildman–Crippen LogP) is 5.01. The van der Waals surface area contributed by atoms with E-state index in [0.29, 0.717) is 18.2 Å². The number of carbonyl (C=O) groups is 1. The SMILES string of the molecule is Cc1cc(C)c(Cc2cccc([C@]3(C)CC(=O)N(C4CCOCC4)C(=N)N3)c2Cl)cc1C. The van der Waals surface area contributed by atoms with Gasteiger partial charge >= 0.3 is 0 Å². The number of hydrogen-bond donors (Lipinski definition) is 2. The monoisotopic (exact) mass is 453 g/mol. The van der Waals surface area contributed by atoms with Gasteiger partial charge in [0.2, 0.25) is 5.91 Å². The van der Waals surface area contributed by atoms with Gasteiger partial charge in [0.1, 0.15) is 0 Å². The second-order valence-electron chi connectivity index (χ2n) is 9.41. The van der Waals surface area contributed by atoms with Crippen molar-refractivity contribution in [1.82, 2.24) is 10.2 Å². The van der Waals surface area contributed by atoms with Crippen LogP contribution in [0.5, 0.6) is 0 Å². The highest BCUT2D eigenvalue weighted by Gasteiger charge is 2.43. The maximum atomic E-state index is 13.2. The first-order valence-electron chi connectivity index (χ1n) is 11.3. The summed E-state index contributed by atoms with van der Waals surface area (Å²) in [6, 6.07) is 10.5. The first-order valence-corrected chi connectivity index (χ1v) is 11.7. The number of halogens is 1. The first-order chi connectivity index (χ1) is 15.2. The van der Waals surface area contributed by atoms with Crippen LogP contribution < -0.4 is 5.32 Å². The summed E-state index contributed by atoms with van der Waals surface area (Å²) in [5.74, 6) is 0.122. The Labute approximate surface area is 195 Å². The molecule has 0 bridgehead atoms. The first kappa shape index (κ1) is 22.8. The molecule has 2 aliphatic heterocycles. The molecule has 2 aromatic rings. The van der Waals surface area contributed by atoms with Crippen LogP contribution in [0, 0.1) is 26.2 Å². The molecule has 170 valence electrons. The molecule has 2 heterocycles.